The number of nitrogens with zero attached hydrogens (tertiary/aromatic N) is 3. The Balaban J connectivity index is 2.88. The van der Waals surface area contributed by atoms with E-state index in [1.54, 1.807) is 12.4 Å². The number of aliphatic imine (C=N–C) groups is 1. The number of rotatable bonds is 1. The van der Waals surface area contributed by atoms with Gasteiger partial charge in [0.05, 0.1) is 18.1 Å². The molecule has 0 aromatic carbocycles. The molecule has 0 fully saturated rings. The molecule has 0 N–H and O–H groups in total. The minimum atomic E-state index is 0.784. The summed E-state index contributed by atoms with van der Waals surface area (Å²) in [6.07, 6.45) is 5.37. The van der Waals surface area contributed by atoms with Crippen LogP contribution in [0.3, 0.4) is 0 Å². The molecule has 0 unspecified atom stereocenters. The molecule has 0 radical (unpaired) electrons. The predicted octanol–water partition coefficient (Wildman–Crippen LogP) is 1.46. The van der Waals surface area contributed by atoms with Crippen LogP contribution in [0.2, 0.25) is 0 Å². The molecule has 1 aliphatic heterocycles. The SMILES string of the molecule is C/C=C1/C=NN=CC1=NCC. The van der Waals surface area contributed by atoms with Crippen molar-refractivity contribution in [3.8, 4) is 0 Å². The highest BCUT2D eigenvalue weighted by atomic mass is 15.2. The largest absolute Gasteiger partial charge is 0.283 e. The van der Waals surface area contributed by atoms with Gasteiger partial charge in [0.15, 0.2) is 0 Å². The Kier molecular flexibility index (Phi) is 2.72. The zero-order valence-electron chi connectivity index (χ0n) is 6.78. The molecule has 3 nitrogen and oxygen atoms in total. The van der Waals surface area contributed by atoms with E-state index in [9.17, 15) is 0 Å². The Labute approximate surface area is 66.3 Å². The molecule has 0 saturated carbocycles. The molecule has 0 aliphatic carbocycles. The average molecular weight is 149 g/mol. The summed E-state index contributed by atoms with van der Waals surface area (Å²) in [6.45, 7) is 4.75. The number of hydrogen-bond donors (Lipinski definition) is 0. The molecule has 1 rings (SSSR count). The molecular weight excluding hydrogens is 138 g/mol. The van der Waals surface area contributed by atoms with Gasteiger partial charge < -0.3 is 0 Å². The van der Waals surface area contributed by atoms with E-state index in [1.165, 1.54) is 0 Å². The summed E-state index contributed by atoms with van der Waals surface area (Å²) in [5.74, 6) is 0. The Hall–Kier alpha value is -1.25. The van der Waals surface area contributed by atoms with Gasteiger partial charge >= 0.3 is 0 Å². The van der Waals surface area contributed by atoms with Crippen molar-refractivity contribution in [1.82, 2.24) is 0 Å². The minimum Gasteiger partial charge on any atom is -0.283 e. The fourth-order valence-corrected chi connectivity index (χ4v) is 0.849. The molecule has 0 spiro atoms. The molecule has 0 saturated heterocycles. The Morgan fingerprint density at radius 3 is 2.82 bits per heavy atom. The van der Waals surface area contributed by atoms with Gasteiger partial charge in [0.1, 0.15) is 0 Å². The van der Waals surface area contributed by atoms with E-state index in [2.05, 4.69) is 15.2 Å². The van der Waals surface area contributed by atoms with Crippen molar-refractivity contribution in [2.24, 2.45) is 15.2 Å². The second kappa shape index (κ2) is 3.81. The lowest BCUT2D eigenvalue weighted by Gasteiger charge is -2.02. The molecule has 0 aromatic rings. The van der Waals surface area contributed by atoms with Crippen molar-refractivity contribution in [2.45, 2.75) is 13.8 Å². The van der Waals surface area contributed by atoms with E-state index in [4.69, 9.17) is 0 Å². The lowest BCUT2D eigenvalue weighted by Crippen LogP contribution is -2.09. The van der Waals surface area contributed by atoms with E-state index in [1.807, 2.05) is 19.9 Å². The molecule has 0 amide bonds. The van der Waals surface area contributed by atoms with Gasteiger partial charge in [-0.2, -0.15) is 10.2 Å². The first-order valence-corrected chi connectivity index (χ1v) is 3.66. The van der Waals surface area contributed by atoms with Gasteiger partial charge in [0.2, 0.25) is 0 Å². The second-order valence-corrected chi connectivity index (χ2v) is 2.09. The van der Waals surface area contributed by atoms with E-state index >= 15 is 0 Å². The zero-order valence-corrected chi connectivity index (χ0v) is 6.78. The van der Waals surface area contributed by atoms with E-state index in [-0.39, 0.29) is 0 Å². The van der Waals surface area contributed by atoms with Crippen molar-refractivity contribution < 1.29 is 0 Å². The van der Waals surface area contributed by atoms with Crippen molar-refractivity contribution in [1.29, 1.82) is 0 Å². The summed E-state index contributed by atoms with van der Waals surface area (Å²) in [5, 5.41) is 7.51. The minimum absolute atomic E-state index is 0.784. The van der Waals surface area contributed by atoms with Crippen LogP contribution in [0.4, 0.5) is 0 Å². The van der Waals surface area contributed by atoms with Crippen LogP contribution in [-0.4, -0.2) is 24.7 Å². The normalized spacial score (nSPS) is 23.5. The molecule has 1 heterocycles. The van der Waals surface area contributed by atoms with Crippen molar-refractivity contribution in [2.75, 3.05) is 6.54 Å². The average Bonchev–Trinajstić information content (AvgIpc) is 2.06. The van der Waals surface area contributed by atoms with E-state index in [0.29, 0.717) is 0 Å². The maximum absolute atomic E-state index is 4.24. The molecule has 0 atom stereocenters. The lowest BCUT2D eigenvalue weighted by molar-refractivity contribution is 1.13. The molecule has 3 heteroatoms. The number of allylic oxidation sites excluding steroid dienone is 2. The fraction of sp³-hybridized carbons (Fsp3) is 0.375. The zero-order chi connectivity index (χ0) is 8.10. The summed E-state index contributed by atoms with van der Waals surface area (Å²) in [7, 11) is 0. The Morgan fingerprint density at radius 1 is 1.45 bits per heavy atom. The monoisotopic (exact) mass is 149 g/mol. The first kappa shape index (κ1) is 7.85. The highest BCUT2D eigenvalue weighted by Gasteiger charge is 2.02. The standard InChI is InChI=1S/C8H11N3/c1-3-7-5-10-11-6-8(7)9-4-2/h3,5-6H,4H2,1-2H3/b7-3-,9-8?. The van der Waals surface area contributed by atoms with Crippen LogP contribution in [0, 0.1) is 0 Å². The van der Waals surface area contributed by atoms with Crippen LogP contribution < -0.4 is 0 Å². The molecule has 1 aliphatic rings. The van der Waals surface area contributed by atoms with Gasteiger partial charge in [-0.25, -0.2) is 0 Å². The molecule has 0 aromatic heterocycles. The van der Waals surface area contributed by atoms with Crippen LogP contribution in [0.1, 0.15) is 13.8 Å². The summed E-state index contributed by atoms with van der Waals surface area (Å²) < 4.78 is 0. The maximum atomic E-state index is 4.24. The van der Waals surface area contributed by atoms with Crippen LogP contribution in [0.5, 0.6) is 0 Å². The molecular formula is C8H11N3. The third-order valence-electron chi connectivity index (χ3n) is 1.38. The third kappa shape index (κ3) is 1.83. The smallest absolute Gasteiger partial charge is 0.0860 e. The quantitative estimate of drug-likeness (QED) is 0.541. The molecule has 0 bridgehead atoms. The third-order valence-corrected chi connectivity index (χ3v) is 1.38. The summed E-state index contributed by atoms with van der Waals surface area (Å²) in [4.78, 5) is 4.24. The van der Waals surface area contributed by atoms with Gasteiger partial charge in [-0.05, 0) is 13.8 Å². The van der Waals surface area contributed by atoms with Crippen molar-refractivity contribution in [3.05, 3.63) is 11.6 Å². The fourth-order valence-electron chi connectivity index (χ4n) is 0.849. The summed E-state index contributed by atoms with van der Waals surface area (Å²) >= 11 is 0. The van der Waals surface area contributed by atoms with Gasteiger partial charge in [-0.3, -0.25) is 4.99 Å². The number of hydrogen-bond acceptors (Lipinski definition) is 3. The van der Waals surface area contributed by atoms with Gasteiger partial charge in [-0.1, -0.05) is 6.08 Å². The first-order valence-electron chi connectivity index (χ1n) is 3.66. The van der Waals surface area contributed by atoms with E-state index in [0.717, 1.165) is 17.8 Å². The highest BCUT2D eigenvalue weighted by Crippen LogP contribution is 1.98. The van der Waals surface area contributed by atoms with Gasteiger partial charge in [0, 0.05) is 12.1 Å². The van der Waals surface area contributed by atoms with Crippen LogP contribution in [-0.2, 0) is 0 Å². The molecule has 58 valence electrons. The predicted molar refractivity (Wildman–Crippen MR) is 48.7 cm³/mol. The van der Waals surface area contributed by atoms with Crippen molar-refractivity contribution >= 4 is 18.1 Å². The van der Waals surface area contributed by atoms with Gasteiger partial charge in [-0.15, -0.1) is 0 Å². The van der Waals surface area contributed by atoms with Gasteiger partial charge in [0.25, 0.3) is 0 Å². The maximum Gasteiger partial charge on any atom is 0.0860 e. The summed E-state index contributed by atoms with van der Waals surface area (Å²) in [6, 6.07) is 0. The first-order chi connectivity index (χ1) is 5.38. The Morgan fingerprint density at radius 2 is 2.18 bits per heavy atom. The van der Waals surface area contributed by atoms with Crippen LogP contribution in [0.25, 0.3) is 0 Å². The summed E-state index contributed by atoms with van der Waals surface area (Å²) in [5.41, 5.74) is 1.96. The van der Waals surface area contributed by atoms with Crippen LogP contribution in [0.15, 0.2) is 26.8 Å². The second-order valence-electron chi connectivity index (χ2n) is 2.09. The van der Waals surface area contributed by atoms with Crippen LogP contribution >= 0.6 is 0 Å². The topological polar surface area (TPSA) is 37.1 Å². The lowest BCUT2D eigenvalue weighted by atomic mass is 10.1. The Bertz CT molecular complexity index is 246. The van der Waals surface area contributed by atoms with Crippen molar-refractivity contribution in [3.63, 3.8) is 0 Å². The molecule has 11 heavy (non-hydrogen) atoms. The van der Waals surface area contributed by atoms with E-state index < -0.39 is 0 Å². The highest BCUT2D eigenvalue weighted by molar-refractivity contribution is 6.44.